The van der Waals surface area contributed by atoms with Gasteiger partial charge in [-0.15, -0.1) is 0 Å². The van der Waals surface area contributed by atoms with Gasteiger partial charge in [0.25, 0.3) is 0 Å². The first kappa shape index (κ1) is 20.1. The van der Waals surface area contributed by atoms with Crippen LogP contribution in [-0.2, 0) is 16.1 Å². The van der Waals surface area contributed by atoms with Crippen LogP contribution in [0.2, 0.25) is 0 Å². The zero-order valence-electron chi connectivity index (χ0n) is 15.6. The number of imidazole rings is 1. The first-order valence-corrected chi connectivity index (χ1v) is 10.3. The van der Waals surface area contributed by atoms with Crippen LogP contribution in [0.15, 0.2) is 36.9 Å². The van der Waals surface area contributed by atoms with Crippen molar-refractivity contribution in [3.63, 3.8) is 0 Å². The molecule has 1 fully saturated rings. The summed E-state index contributed by atoms with van der Waals surface area (Å²) in [6.45, 7) is 2.24. The highest BCUT2D eigenvalue weighted by molar-refractivity contribution is 14.1. The van der Waals surface area contributed by atoms with Gasteiger partial charge in [-0.3, -0.25) is 9.36 Å². The van der Waals surface area contributed by atoms with Crippen LogP contribution >= 0.6 is 22.6 Å². The van der Waals surface area contributed by atoms with Gasteiger partial charge < -0.3 is 20.3 Å². The molecule has 0 spiro atoms. The molecule has 3 aromatic rings. The Labute approximate surface area is 180 Å². The van der Waals surface area contributed by atoms with E-state index < -0.39 is 24.5 Å². The molecule has 0 bridgehead atoms. The first-order valence-electron chi connectivity index (χ1n) is 9.19. The van der Waals surface area contributed by atoms with Gasteiger partial charge in [0, 0.05) is 16.5 Å². The summed E-state index contributed by atoms with van der Waals surface area (Å²) in [5, 5.41) is 23.9. The van der Waals surface area contributed by atoms with Crippen LogP contribution in [0.3, 0.4) is 0 Å². The molecule has 9 nitrogen and oxygen atoms in total. The Morgan fingerprint density at radius 3 is 2.86 bits per heavy atom. The van der Waals surface area contributed by atoms with Gasteiger partial charge >= 0.3 is 0 Å². The molecule has 0 unspecified atom stereocenters. The zero-order valence-corrected chi connectivity index (χ0v) is 17.7. The number of ether oxygens (including phenoxy) is 1. The van der Waals surface area contributed by atoms with Gasteiger partial charge in [-0.25, -0.2) is 15.0 Å². The van der Waals surface area contributed by atoms with E-state index in [2.05, 4.69) is 48.9 Å². The predicted molar refractivity (Wildman–Crippen MR) is 113 cm³/mol. The molecule has 0 saturated carbocycles. The van der Waals surface area contributed by atoms with Crippen LogP contribution in [0.5, 0.6) is 0 Å². The minimum absolute atomic E-state index is 0.209. The van der Waals surface area contributed by atoms with E-state index in [0.717, 1.165) is 9.13 Å². The second kappa shape index (κ2) is 8.30. The van der Waals surface area contributed by atoms with Gasteiger partial charge in [0.2, 0.25) is 0 Å². The third kappa shape index (κ3) is 3.84. The summed E-state index contributed by atoms with van der Waals surface area (Å²) in [4.78, 5) is 24.9. The van der Waals surface area contributed by atoms with Crippen molar-refractivity contribution >= 4 is 45.4 Å². The van der Waals surface area contributed by atoms with Crippen molar-refractivity contribution in [2.45, 2.75) is 44.4 Å². The Morgan fingerprint density at radius 2 is 2.10 bits per heavy atom. The summed E-state index contributed by atoms with van der Waals surface area (Å²) in [5.74, 6) is 0.278. The van der Waals surface area contributed by atoms with E-state index in [1.807, 2.05) is 18.2 Å². The predicted octanol–water partition coefficient (Wildman–Crippen LogP) is 1.64. The normalized spacial score (nSPS) is 24.1. The van der Waals surface area contributed by atoms with Crippen LogP contribution in [0.25, 0.3) is 11.2 Å². The van der Waals surface area contributed by atoms with Gasteiger partial charge in [-0.05, 0) is 40.3 Å². The van der Waals surface area contributed by atoms with Crippen LogP contribution in [0.4, 0.5) is 5.82 Å². The molecular formula is C19H20IN5O4. The molecular weight excluding hydrogens is 489 g/mol. The van der Waals surface area contributed by atoms with E-state index in [0.29, 0.717) is 23.5 Å². The largest absolute Gasteiger partial charge is 0.387 e. The lowest BCUT2D eigenvalue weighted by molar-refractivity contribution is -0.135. The summed E-state index contributed by atoms with van der Waals surface area (Å²) in [7, 11) is 0. The lowest BCUT2D eigenvalue weighted by Crippen LogP contribution is -2.35. The second-order valence-corrected chi connectivity index (χ2v) is 8.02. The van der Waals surface area contributed by atoms with Crippen molar-refractivity contribution in [3.8, 4) is 0 Å². The number of Topliss-reactive ketones (excluding diaryl/α,β-unsaturated/α-hetero) is 1. The van der Waals surface area contributed by atoms with Crippen LogP contribution in [-0.4, -0.2) is 53.8 Å². The summed E-state index contributed by atoms with van der Waals surface area (Å²) in [6.07, 6.45) is -1.54. The van der Waals surface area contributed by atoms with Gasteiger partial charge in [0.05, 0.1) is 6.33 Å². The molecule has 10 heteroatoms. The lowest BCUT2D eigenvalue weighted by atomic mass is 10.1. The molecule has 3 heterocycles. The average Bonchev–Trinajstić information content (AvgIpc) is 3.28. The number of carbonyl (C=O) groups is 1. The van der Waals surface area contributed by atoms with Crippen LogP contribution in [0.1, 0.15) is 25.1 Å². The SMILES string of the molecule is CCC(=O)[C@@H]1O[C@H](n2cnc3c(NCc4cccc(I)c4)ncnc32)[C@@H](O)[C@H]1O. The maximum Gasteiger partial charge on any atom is 0.167 e. The van der Waals surface area contributed by atoms with E-state index in [9.17, 15) is 15.0 Å². The number of carbonyl (C=O) groups excluding carboxylic acids is 1. The third-order valence-electron chi connectivity index (χ3n) is 4.89. The minimum Gasteiger partial charge on any atom is -0.387 e. The van der Waals surface area contributed by atoms with Gasteiger partial charge in [-0.2, -0.15) is 0 Å². The number of rotatable bonds is 6. The number of anilines is 1. The highest BCUT2D eigenvalue weighted by Gasteiger charge is 2.47. The van der Waals surface area contributed by atoms with Crippen molar-refractivity contribution in [1.82, 2.24) is 19.5 Å². The van der Waals surface area contributed by atoms with E-state index in [1.165, 1.54) is 17.2 Å². The maximum atomic E-state index is 12.0. The van der Waals surface area contributed by atoms with Gasteiger partial charge in [0.1, 0.15) is 24.6 Å². The molecule has 3 N–H and O–H groups in total. The molecule has 4 atom stereocenters. The van der Waals surface area contributed by atoms with Crippen molar-refractivity contribution in [2.24, 2.45) is 0 Å². The summed E-state index contributed by atoms with van der Waals surface area (Å²) >= 11 is 2.26. The summed E-state index contributed by atoms with van der Waals surface area (Å²) in [5.41, 5.74) is 2.04. The first-order chi connectivity index (χ1) is 14.0. The van der Waals surface area contributed by atoms with E-state index in [1.54, 1.807) is 6.92 Å². The monoisotopic (exact) mass is 509 g/mol. The second-order valence-electron chi connectivity index (χ2n) is 6.78. The number of benzene rings is 1. The standard InChI is InChI=1S/C19H20IN5O4/c1-2-12(26)16-14(27)15(28)19(29-16)25-9-24-13-17(22-8-23-18(13)25)21-7-10-4-3-5-11(20)6-10/h3-6,8-9,14-16,19,27-28H,2,7H2,1H3,(H,21,22,23)/t14-,15+,16+,19+/m1/s1. The molecule has 4 rings (SSSR count). The topological polar surface area (TPSA) is 122 Å². The summed E-state index contributed by atoms with van der Waals surface area (Å²) in [6, 6.07) is 8.09. The number of fused-ring (bicyclic) bond motifs is 1. The molecule has 0 amide bonds. The smallest absolute Gasteiger partial charge is 0.167 e. The highest BCUT2D eigenvalue weighted by atomic mass is 127. The van der Waals surface area contributed by atoms with E-state index in [4.69, 9.17) is 4.74 Å². The van der Waals surface area contributed by atoms with E-state index in [-0.39, 0.29) is 12.2 Å². The number of nitrogens with one attached hydrogen (secondary N) is 1. The molecule has 1 aliphatic rings. The molecule has 0 aliphatic carbocycles. The molecule has 2 aromatic heterocycles. The molecule has 29 heavy (non-hydrogen) atoms. The van der Waals surface area contributed by atoms with Crippen molar-refractivity contribution < 1.29 is 19.7 Å². The average molecular weight is 509 g/mol. The Hall–Kier alpha value is -2.15. The van der Waals surface area contributed by atoms with Crippen LogP contribution < -0.4 is 5.32 Å². The van der Waals surface area contributed by atoms with E-state index >= 15 is 0 Å². The Balaban J connectivity index is 1.60. The maximum absolute atomic E-state index is 12.0. The number of aliphatic hydroxyl groups is 2. The van der Waals surface area contributed by atoms with Crippen molar-refractivity contribution in [1.29, 1.82) is 0 Å². The zero-order chi connectivity index (χ0) is 20.5. The number of aliphatic hydroxyl groups excluding tert-OH is 2. The number of ketones is 1. The Kier molecular flexibility index (Phi) is 5.76. The fourth-order valence-electron chi connectivity index (χ4n) is 3.36. The highest BCUT2D eigenvalue weighted by Crippen LogP contribution is 2.33. The Morgan fingerprint density at radius 1 is 1.28 bits per heavy atom. The van der Waals surface area contributed by atoms with Crippen molar-refractivity contribution in [2.75, 3.05) is 5.32 Å². The molecule has 1 saturated heterocycles. The number of halogens is 1. The molecule has 1 aromatic carbocycles. The van der Waals surface area contributed by atoms with Gasteiger partial charge in [0.15, 0.2) is 29.0 Å². The number of nitrogens with zero attached hydrogens (tertiary/aromatic N) is 4. The fourth-order valence-corrected chi connectivity index (χ4v) is 3.96. The number of aromatic nitrogens is 4. The Bertz CT molecular complexity index is 1040. The summed E-state index contributed by atoms with van der Waals surface area (Å²) < 4.78 is 8.32. The van der Waals surface area contributed by atoms with Gasteiger partial charge in [-0.1, -0.05) is 19.1 Å². The fraction of sp³-hybridized carbons (Fsp3) is 0.368. The lowest BCUT2D eigenvalue weighted by Gasteiger charge is -2.16. The number of hydrogen-bond acceptors (Lipinski definition) is 8. The van der Waals surface area contributed by atoms with Crippen LogP contribution in [0, 0.1) is 3.57 Å². The molecule has 1 aliphatic heterocycles. The molecule has 152 valence electrons. The quantitative estimate of drug-likeness (QED) is 0.429. The minimum atomic E-state index is -1.30. The number of hydrogen-bond donors (Lipinski definition) is 3. The van der Waals surface area contributed by atoms with Crippen molar-refractivity contribution in [3.05, 3.63) is 46.1 Å². The molecule has 0 radical (unpaired) electrons. The third-order valence-corrected chi connectivity index (χ3v) is 5.56.